The second kappa shape index (κ2) is 4.30. The number of aromatic nitrogens is 3. The topological polar surface area (TPSA) is 56.7 Å². The van der Waals surface area contributed by atoms with Gasteiger partial charge in [0.15, 0.2) is 5.82 Å². The van der Waals surface area contributed by atoms with E-state index in [-0.39, 0.29) is 0 Å². The van der Waals surface area contributed by atoms with Gasteiger partial charge in [-0.1, -0.05) is 11.6 Å². The zero-order valence-corrected chi connectivity index (χ0v) is 10.0. The third-order valence-electron chi connectivity index (χ3n) is 1.88. The standard InChI is InChI=1S/C9H8BrClN4/c10-6-4-13-15(5-6)9-2-1-7(11)8(3-12)14-9/h1-2,4-5H,3,12H2. The summed E-state index contributed by atoms with van der Waals surface area (Å²) in [5.41, 5.74) is 6.18. The number of nitrogens with two attached hydrogens (primary N) is 1. The lowest BCUT2D eigenvalue weighted by Gasteiger charge is -2.04. The maximum atomic E-state index is 5.91. The van der Waals surface area contributed by atoms with E-state index < -0.39 is 0 Å². The van der Waals surface area contributed by atoms with E-state index >= 15 is 0 Å². The molecule has 78 valence electrons. The van der Waals surface area contributed by atoms with Crippen molar-refractivity contribution in [2.24, 2.45) is 5.73 Å². The molecular formula is C9H8BrClN4. The highest BCUT2D eigenvalue weighted by Gasteiger charge is 2.04. The Bertz CT molecular complexity index is 483. The van der Waals surface area contributed by atoms with Gasteiger partial charge in [-0.15, -0.1) is 0 Å². The molecule has 0 saturated carbocycles. The van der Waals surface area contributed by atoms with Gasteiger partial charge in [0, 0.05) is 12.7 Å². The van der Waals surface area contributed by atoms with E-state index in [1.807, 2.05) is 6.20 Å². The van der Waals surface area contributed by atoms with Gasteiger partial charge < -0.3 is 5.73 Å². The highest BCUT2D eigenvalue weighted by atomic mass is 79.9. The summed E-state index contributed by atoms with van der Waals surface area (Å²) >= 11 is 9.23. The third kappa shape index (κ3) is 2.19. The summed E-state index contributed by atoms with van der Waals surface area (Å²) in [5.74, 6) is 0.700. The maximum Gasteiger partial charge on any atom is 0.153 e. The van der Waals surface area contributed by atoms with Crippen molar-refractivity contribution in [1.82, 2.24) is 14.8 Å². The Kier molecular flexibility index (Phi) is 3.04. The van der Waals surface area contributed by atoms with Crippen LogP contribution < -0.4 is 5.73 Å². The molecule has 2 heterocycles. The fraction of sp³-hybridized carbons (Fsp3) is 0.111. The molecule has 0 unspecified atom stereocenters. The largest absolute Gasteiger partial charge is 0.325 e. The Morgan fingerprint density at radius 3 is 2.87 bits per heavy atom. The molecule has 0 saturated heterocycles. The Morgan fingerprint density at radius 2 is 2.27 bits per heavy atom. The molecule has 0 aliphatic rings. The summed E-state index contributed by atoms with van der Waals surface area (Å²) in [7, 11) is 0. The number of rotatable bonds is 2. The number of pyridine rings is 1. The predicted molar refractivity (Wildman–Crippen MR) is 62.0 cm³/mol. The van der Waals surface area contributed by atoms with Crippen LogP contribution in [0, 0.1) is 0 Å². The van der Waals surface area contributed by atoms with Gasteiger partial charge in [-0.05, 0) is 28.1 Å². The van der Waals surface area contributed by atoms with Crippen molar-refractivity contribution in [3.05, 3.63) is 39.7 Å². The van der Waals surface area contributed by atoms with Gasteiger partial charge in [0.2, 0.25) is 0 Å². The monoisotopic (exact) mass is 286 g/mol. The molecule has 0 aliphatic heterocycles. The first-order chi connectivity index (χ1) is 7.20. The van der Waals surface area contributed by atoms with Crippen LogP contribution in [0.1, 0.15) is 5.69 Å². The molecule has 4 nitrogen and oxygen atoms in total. The Hall–Kier alpha value is -0.910. The average Bonchev–Trinajstić information content (AvgIpc) is 2.66. The summed E-state index contributed by atoms with van der Waals surface area (Å²) in [6.45, 7) is 0.315. The summed E-state index contributed by atoms with van der Waals surface area (Å²) in [6, 6.07) is 3.56. The minimum absolute atomic E-state index is 0.315. The summed E-state index contributed by atoms with van der Waals surface area (Å²) in [5, 5.41) is 4.69. The minimum atomic E-state index is 0.315. The van der Waals surface area contributed by atoms with Crippen LogP contribution >= 0.6 is 27.5 Å². The molecule has 0 amide bonds. The molecule has 2 rings (SSSR count). The van der Waals surface area contributed by atoms with Gasteiger partial charge in [0.05, 0.1) is 21.4 Å². The van der Waals surface area contributed by atoms with Crippen molar-refractivity contribution < 1.29 is 0 Å². The van der Waals surface area contributed by atoms with Crippen LogP contribution in [0.5, 0.6) is 0 Å². The van der Waals surface area contributed by atoms with Gasteiger partial charge in [-0.2, -0.15) is 5.10 Å². The first-order valence-electron chi connectivity index (χ1n) is 4.27. The van der Waals surface area contributed by atoms with Crippen LogP contribution in [-0.4, -0.2) is 14.8 Å². The van der Waals surface area contributed by atoms with Crippen molar-refractivity contribution >= 4 is 27.5 Å². The lowest BCUT2D eigenvalue weighted by Crippen LogP contribution is -2.05. The van der Waals surface area contributed by atoms with Crippen molar-refractivity contribution in [3.8, 4) is 5.82 Å². The van der Waals surface area contributed by atoms with E-state index in [9.17, 15) is 0 Å². The summed E-state index contributed by atoms with van der Waals surface area (Å²) in [6.07, 6.45) is 3.51. The maximum absolute atomic E-state index is 5.91. The molecular weight excluding hydrogens is 279 g/mol. The third-order valence-corrected chi connectivity index (χ3v) is 2.64. The number of hydrogen-bond donors (Lipinski definition) is 1. The van der Waals surface area contributed by atoms with Crippen LogP contribution in [0.2, 0.25) is 5.02 Å². The zero-order chi connectivity index (χ0) is 10.8. The summed E-state index contributed by atoms with van der Waals surface area (Å²) in [4.78, 5) is 4.30. The number of nitrogens with zero attached hydrogens (tertiary/aromatic N) is 3. The van der Waals surface area contributed by atoms with E-state index in [1.54, 1.807) is 23.0 Å². The fourth-order valence-electron chi connectivity index (χ4n) is 1.17. The molecule has 0 spiro atoms. The van der Waals surface area contributed by atoms with Crippen LogP contribution in [0.4, 0.5) is 0 Å². The Morgan fingerprint density at radius 1 is 1.47 bits per heavy atom. The quantitative estimate of drug-likeness (QED) is 0.920. The second-order valence-electron chi connectivity index (χ2n) is 2.91. The Labute approximate surface area is 100 Å². The first kappa shape index (κ1) is 10.6. The molecule has 0 radical (unpaired) electrons. The average molecular weight is 288 g/mol. The SMILES string of the molecule is NCc1nc(-n2cc(Br)cn2)ccc1Cl. The molecule has 0 atom stereocenters. The zero-order valence-electron chi connectivity index (χ0n) is 7.69. The van der Waals surface area contributed by atoms with E-state index in [1.165, 1.54) is 0 Å². The van der Waals surface area contributed by atoms with Crippen LogP contribution in [0.25, 0.3) is 5.82 Å². The van der Waals surface area contributed by atoms with E-state index in [0.717, 1.165) is 4.47 Å². The lowest BCUT2D eigenvalue weighted by atomic mass is 10.3. The summed E-state index contributed by atoms with van der Waals surface area (Å²) < 4.78 is 2.55. The normalized spacial score (nSPS) is 10.6. The molecule has 0 fully saturated rings. The van der Waals surface area contributed by atoms with Gasteiger partial charge in [0.1, 0.15) is 0 Å². The molecule has 2 aromatic heterocycles. The molecule has 0 aromatic carbocycles. The molecule has 15 heavy (non-hydrogen) atoms. The van der Waals surface area contributed by atoms with Crippen LogP contribution in [-0.2, 0) is 6.54 Å². The van der Waals surface area contributed by atoms with E-state index in [0.29, 0.717) is 23.1 Å². The van der Waals surface area contributed by atoms with Gasteiger partial charge >= 0.3 is 0 Å². The predicted octanol–water partition coefficient (Wildman–Crippen LogP) is 2.14. The van der Waals surface area contributed by atoms with Crippen molar-refractivity contribution in [2.45, 2.75) is 6.54 Å². The van der Waals surface area contributed by atoms with E-state index in [2.05, 4.69) is 26.0 Å². The fourth-order valence-corrected chi connectivity index (χ4v) is 1.64. The van der Waals surface area contributed by atoms with Crippen molar-refractivity contribution in [3.63, 3.8) is 0 Å². The highest BCUT2D eigenvalue weighted by Crippen LogP contribution is 2.16. The highest BCUT2D eigenvalue weighted by molar-refractivity contribution is 9.10. The molecule has 0 bridgehead atoms. The van der Waals surface area contributed by atoms with E-state index in [4.69, 9.17) is 17.3 Å². The van der Waals surface area contributed by atoms with Crippen molar-refractivity contribution in [1.29, 1.82) is 0 Å². The second-order valence-corrected chi connectivity index (χ2v) is 4.23. The van der Waals surface area contributed by atoms with Crippen LogP contribution in [0.3, 0.4) is 0 Å². The van der Waals surface area contributed by atoms with Crippen molar-refractivity contribution in [2.75, 3.05) is 0 Å². The number of hydrogen-bond acceptors (Lipinski definition) is 3. The first-order valence-corrected chi connectivity index (χ1v) is 5.44. The Balaban J connectivity index is 2.45. The molecule has 2 aromatic rings. The van der Waals surface area contributed by atoms with Gasteiger partial charge in [-0.3, -0.25) is 0 Å². The minimum Gasteiger partial charge on any atom is -0.325 e. The van der Waals surface area contributed by atoms with Gasteiger partial charge in [0.25, 0.3) is 0 Å². The molecule has 2 N–H and O–H groups in total. The number of halogens is 2. The smallest absolute Gasteiger partial charge is 0.153 e. The van der Waals surface area contributed by atoms with Gasteiger partial charge in [-0.25, -0.2) is 9.67 Å². The van der Waals surface area contributed by atoms with Crippen LogP contribution in [0.15, 0.2) is 29.0 Å². The molecule has 0 aliphatic carbocycles. The molecule has 6 heteroatoms. The lowest BCUT2D eigenvalue weighted by molar-refractivity contribution is 0.829.